The van der Waals surface area contributed by atoms with Gasteiger partial charge in [0.05, 0.1) is 0 Å². The van der Waals surface area contributed by atoms with E-state index in [9.17, 15) is 14.7 Å². The lowest BCUT2D eigenvalue weighted by Gasteiger charge is -2.28. The van der Waals surface area contributed by atoms with Crippen molar-refractivity contribution >= 4 is 18.0 Å². The molecule has 1 N–H and O–H groups in total. The Hall–Kier alpha value is -2.10. The molecule has 0 heterocycles. The molecule has 1 aromatic rings. The molecule has 1 unspecified atom stereocenters. The third kappa shape index (κ3) is 4.45. The van der Waals surface area contributed by atoms with Gasteiger partial charge >= 0.3 is 11.9 Å². The molecule has 0 aliphatic heterocycles. The highest BCUT2D eigenvalue weighted by molar-refractivity contribution is 5.99. The molecule has 0 radical (unpaired) electrons. The van der Waals surface area contributed by atoms with Gasteiger partial charge in [-0.3, -0.25) is 9.59 Å². The van der Waals surface area contributed by atoms with Crippen LogP contribution >= 0.6 is 0 Å². The predicted octanol–water partition coefficient (Wildman–Crippen LogP) is 3.30. The van der Waals surface area contributed by atoms with Crippen molar-refractivity contribution in [2.75, 3.05) is 0 Å². The summed E-state index contributed by atoms with van der Waals surface area (Å²) in [6.07, 6.45) is 1.78. The quantitative estimate of drug-likeness (QED) is 0.667. The average molecular weight is 290 g/mol. The van der Waals surface area contributed by atoms with Crippen molar-refractivity contribution in [3.05, 3.63) is 42.0 Å². The molecule has 4 nitrogen and oxygen atoms in total. The zero-order valence-corrected chi connectivity index (χ0v) is 13.0. The molecule has 0 saturated carbocycles. The van der Waals surface area contributed by atoms with Crippen molar-refractivity contribution in [3.8, 4) is 0 Å². The molecule has 0 spiro atoms. The van der Waals surface area contributed by atoms with Gasteiger partial charge in [-0.05, 0) is 45.2 Å². The van der Waals surface area contributed by atoms with E-state index in [2.05, 4.69) is 6.58 Å². The molecule has 0 amide bonds. The maximum atomic E-state index is 12.2. The van der Waals surface area contributed by atoms with Crippen molar-refractivity contribution in [2.45, 2.75) is 39.7 Å². The third-order valence-electron chi connectivity index (χ3n) is 3.09. The van der Waals surface area contributed by atoms with Crippen molar-refractivity contribution in [3.63, 3.8) is 0 Å². The fourth-order valence-electron chi connectivity index (χ4n) is 1.81. The van der Waals surface area contributed by atoms with Crippen LogP contribution < -0.4 is 0 Å². The number of benzene rings is 1. The van der Waals surface area contributed by atoms with Crippen LogP contribution in [0.5, 0.6) is 0 Å². The minimum Gasteiger partial charge on any atom is -0.480 e. The fraction of sp³-hybridized carbons (Fsp3) is 0.412. The molecule has 0 aliphatic rings. The third-order valence-corrected chi connectivity index (χ3v) is 3.09. The van der Waals surface area contributed by atoms with Crippen molar-refractivity contribution in [2.24, 2.45) is 5.41 Å². The topological polar surface area (TPSA) is 63.6 Å². The normalized spacial score (nSPS) is 14.1. The van der Waals surface area contributed by atoms with Crippen molar-refractivity contribution in [1.29, 1.82) is 0 Å². The van der Waals surface area contributed by atoms with Gasteiger partial charge in [0.25, 0.3) is 0 Å². The zero-order chi connectivity index (χ0) is 16.3. The Bertz CT molecular complexity index is 537. The van der Waals surface area contributed by atoms with Crippen LogP contribution in [0, 0.1) is 5.41 Å². The smallest absolute Gasteiger partial charge is 0.324 e. The Morgan fingerprint density at radius 2 is 1.71 bits per heavy atom. The van der Waals surface area contributed by atoms with Gasteiger partial charge < -0.3 is 9.84 Å². The number of carboxylic acid groups (broad SMARTS) is 1. The van der Waals surface area contributed by atoms with E-state index >= 15 is 0 Å². The lowest BCUT2D eigenvalue weighted by Crippen LogP contribution is -2.43. The van der Waals surface area contributed by atoms with Crippen LogP contribution in [0.25, 0.3) is 6.08 Å². The van der Waals surface area contributed by atoms with Crippen LogP contribution in [0.4, 0.5) is 0 Å². The molecular weight excluding hydrogens is 268 g/mol. The molecule has 1 atom stereocenters. The summed E-state index contributed by atoms with van der Waals surface area (Å²) in [5, 5.41) is 9.44. The van der Waals surface area contributed by atoms with Crippen LogP contribution in [0.2, 0.25) is 0 Å². The summed E-state index contributed by atoms with van der Waals surface area (Å²) in [7, 11) is 0. The molecule has 4 heteroatoms. The number of hydrogen-bond acceptors (Lipinski definition) is 3. The highest BCUT2D eigenvalue weighted by Crippen LogP contribution is 2.27. The summed E-state index contributed by atoms with van der Waals surface area (Å²) >= 11 is 0. The lowest BCUT2D eigenvalue weighted by molar-refractivity contribution is -0.175. The van der Waals surface area contributed by atoms with E-state index < -0.39 is 23.0 Å². The second-order valence-corrected chi connectivity index (χ2v) is 6.26. The standard InChI is InChI=1S/C17H22O4/c1-6-12-7-9-13(10-8-12)11-17(5,14(18)19)15(20)21-16(2,3)4/h6-10H,1,11H2,2-5H3,(H,18,19). The maximum Gasteiger partial charge on any atom is 0.324 e. The summed E-state index contributed by atoms with van der Waals surface area (Å²) in [6.45, 7) is 10.2. The fourth-order valence-corrected chi connectivity index (χ4v) is 1.81. The predicted molar refractivity (Wildman–Crippen MR) is 81.8 cm³/mol. The van der Waals surface area contributed by atoms with E-state index in [1.165, 1.54) is 6.92 Å². The maximum absolute atomic E-state index is 12.2. The van der Waals surface area contributed by atoms with E-state index in [1.54, 1.807) is 39.0 Å². The average Bonchev–Trinajstić information content (AvgIpc) is 2.37. The Kier molecular flexibility index (Phi) is 4.94. The van der Waals surface area contributed by atoms with Gasteiger partial charge in [-0.15, -0.1) is 0 Å². The van der Waals surface area contributed by atoms with E-state index in [0.717, 1.165) is 11.1 Å². The van der Waals surface area contributed by atoms with Gasteiger partial charge in [0, 0.05) is 0 Å². The number of carbonyl (C=O) groups is 2. The molecule has 1 aromatic carbocycles. The minimum absolute atomic E-state index is 0.0780. The first kappa shape index (κ1) is 17.0. The SMILES string of the molecule is C=Cc1ccc(CC(C)(C(=O)O)C(=O)OC(C)(C)C)cc1. The second-order valence-electron chi connectivity index (χ2n) is 6.26. The first-order valence-corrected chi connectivity index (χ1v) is 6.77. The summed E-state index contributed by atoms with van der Waals surface area (Å²) in [5.74, 6) is -1.92. The molecule has 0 bridgehead atoms. The van der Waals surface area contributed by atoms with E-state index in [0.29, 0.717) is 0 Å². The van der Waals surface area contributed by atoms with Gasteiger partial charge in [0.1, 0.15) is 5.60 Å². The van der Waals surface area contributed by atoms with Gasteiger partial charge in [0.2, 0.25) is 0 Å². The minimum atomic E-state index is -1.61. The monoisotopic (exact) mass is 290 g/mol. The Morgan fingerprint density at radius 3 is 2.10 bits per heavy atom. The number of ether oxygens (including phenoxy) is 1. The summed E-state index contributed by atoms with van der Waals surface area (Å²) in [5.41, 5.74) is -0.631. The van der Waals surface area contributed by atoms with Crippen LogP contribution in [0.15, 0.2) is 30.8 Å². The lowest BCUT2D eigenvalue weighted by atomic mass is 9.83. The van der Waals surface area contributed by atoms with Gasteiger partial charge in [-0.1, -0.05) is 36.9 Å². The Balaban J connectivity index is 3.02. The first-order valence-electron chi connectivity index (χ1n) is 6.77. The summed E-state index contributed by atoms with van der Waals surface area (Å²) < 4.78 is 5.25. The number of hydrogen-bond donors (Lipinski definition) is 1. The van der Waals surface area contributed by atoms with E-state index in [4.69, 9.17) is 4.74 Å². The van der Waals surface area contributed by atoms with Crippen LogP contribution in [-0.4, -0.2) is 22.6 Å². The van der Waals surface area contributed by atoms with Gasteiger partial charge in [-0.2, -0.15) is 0 Å². The number of esters is 1. The number of carbonyl (C=O) groups excluding carboxylic acids is 1. The van der Waals surface area contributed by atoms with E-state index in [-0.39, 0.29) is 6.42 Å². The van der Waals surface area contributed by atoms with E-state index in [1.807, 2.05) is 12.1 Å². The molecule has 0 saturated heterocycles. The van der Waals surface area contributed by atoms with Gasteiger partial charge in [-0.25, -0.2) is 0 Å². The number of rotatable bonds is 5. The Labute approximate surface area is 125 Å². The van der Waals surface area contributed by atoms with Gasteiger partial charge in [0.15, 0.2) is 5.41 Å². The molecule has 0 aromatic heterocycles. The largest absolute Gasteiger partial charge is 0.480 e. The van der Waals surface area contributed by atoms with Crippen molar-refractivity contribution in [1.82, 2.24) is 0 Å². The summed E-state index contributed by atoms with van der Waals surface area (Å²) in [4.78, 5) is 23.8. The van der Waals surface area contributed by atoms with Crippen LogP contribution in [0.3, 0.4) is 0 Å². The molecule has 1 rings (SSSR count). The first-order chi connectivity index (χ1) is 9.58. The molecule has 21 heavy (non-hydrogen) atoms. The number of aliphatic carboxylic acids is 1. The molecule has 0 fully saturated rings. The highest BCUT2D eigenvalue weighted by Gasteiger charge is 2.44. The van der Waals surface area contributed by atoms with Crippen LogP contribution in [0.1, 0.15) is 38.8 Å². The Morgan fingerprint density at radius 1 is 1.19 bits per heavy atom. The molecule has 0 aliphatic carbocycles. The number of carboxylic acids is 1. The molecular formula is C17H22O4. The second kappa shape index (κ2) is 6.12. The summed E-state index contributed by atoms with van der Waals surface area (Å²) in [6, 6.07) is 7.25. The van der Waals surface area contributed by atoms with Crippen molar-refractivity contribution < 1.29 is 19.4 Å². The zero-order valence-electron chi connectivity index (χ0n) is 13.0. The van der Waals surface area contributed by atoms with Crippen LogP contribution in [-0.2, 0) is 20.7 Å². The molecule has 114 valence electrons. The highest BCUT2D eigenvalue weighted by atomic mass is 16.6.